The molecule has 3 rings (SSSR count). The monoisotopic (exact) mass is 346 g/mol. The Morgan fingerprint density at radius 1 is 1.14 bits per heavy atom. The van der Waals surface area contributed by atoms with Gasteiger partial charge in [0.1, 0.15) is 12.9 Å². The third-order valence-corrected chi connectivity index (χ3v) is 3.17. The molecule has 0 aliphatic rings. The molecule has 0 amide bonds. The first-order chi connectivity index (χ1) is 10.2. The lowest BCUT2D eigenvalue weighted by Crippen LogP contribution is -2.08. The lowest BCUT2D eigenvalue weighted by Gasteiger charge is -2.07. The lowest BCUT2D eigenvalue weighted by molar-refractivity contribution is 0.280. The van der Waals surface area contributed by atoms with Crippen LogP contribution in [0.4, 0.5) is 5.95 Å². The van der Waals surface area contributed by atoms with Crippen LogP contribution in [0.5, 0.6) is 6.01 Å². The van der Waals surface area contributed by atoms with E-state index in [1.54, 1.807) is 23.3 Å². The highest BCUT2D eigenvalue weighted by Gasteiger charge is 2.07. The van der Waals surface area contributed by atoms with E-state index >= 15 is 0 Å². The summed E-state index contributed by atoms with van der Waals surface area (Å²) in [6.45, 7) is 0.347. The number of nitrogen functional groups attached to an aromatic ring is 1. The highest BCUT2D eigenvalue weighted by molar-refractivity contribution is 9.10. The third-order valence-electron chi connectivity index (χ3n) is 2.64. The Hall–Kier alpha value is -2.48. The molecule has 1 aromatic carbocycles. The highest BCUT2D eigenvalue weighted by Crippen LogP contribution is 2.13. The van der Waals surface area contributed by atoms with Crippen molar-refractivity contribution in [2.75, 3.05) is 5.73 Å². The predicted molar refractivity (Wildman–Crippen MR) is 79.8 cm³/mol. The van der Waals surface area contributed by atoms with Crippen molar-refractivity contribution in [3.05, 3.63) is 53.0 Å². The van der Waals surface area contributed by atoms with Crippen LogP contribution >= 0.6 is 15.9 Å². The molecule has 2 aromatic heterocycles. The number of aromatic nitrogens is 5. The van der Waals surface area contributed by atoms with Gasteiger partial charge in [0.05, 0.1) is 0 Å². The topological polar surface area (TPSA) is 91.7 Å². The maximum absolute atomic E-state index is 5.67. The van der Waals surface area contributed by atoms with Gasteiger partial charge < -0.3 is 10.5 Å². The van der Waals surface area contributed by atoms with E-state index < -0.39 is 0 Å². The average Bonchev–Trinajstić information content (AvgIpc) is 3.00. The van der Waals surface area contributed by atoms with Crippen molar-refractivity contribution in [2.45, 2.75) is 6.61 Å². The van der Waals surface area contributed by atoms with Crippen molar-refractivity contribution in [2.24, 2.45) is 0 Å². The second-order valence-electron chi connectivity index (χ2n) is 4.16. The standard InChI is InChI=1S/C13H11BrN6O/c14-10-3-1-9(2-4-10)7-21-13-18-11(15)17-12(19-13)20-6-5-16-8-20/h1-6,8H,7H2,(H2,15,17,18,19). The zero-order chi connectivity index (χ0) is 14.7. The Kier molecular flexibility index (Phi) is 3.78. The van der Waals surface area contributed by atoms with Crippen molar-refractivity contribution in [3.8, 4) is 12.0 Å². The summed E-state index contributed by atoms with van der Waals surface area (Å²) < 4.78 is 8.20. The summed E-state index contributed by atoms with van der Waals surface area (Å²) in [5, 5.41) is 0. The summed E-state index contributed by atoms with van der Waals surface area (Å²) in [6.07, 6.45) is 4.92. The zero-order valence-electron chi connectivity index (χ0n) is 10.8. The Balaban J connectivity index is 1.78. The number of ether oxygens (including phenoxy) is 1. The molecule has 8 heteroatoms. The van der Waals surface area contributed by atoms with Crippen LogP contribution in [0.25, 0.3) is 5.95 Å². The first-order valence-corrected chi connectivity index (χ1v) is 6.87. The first kappa shape index (κ1) is 13.5. The highest BCUT2D eigenvalue weighted by atomic mass is 79.9. The molecule has 0 aliphatic carbocycles. The number of hydrogen-bond donors (Lipinski definition) is 1. The third kappa shape index (κ3) is 3.34. The molecule has 0 spiro atoms. The molecule has 0 bridgehead atoms. The molecular weight excluding hydrogens is 336 g/mol. The number of halogens is 1. The molecule has 0 radical (unpaired) electrons. The quantitative estimate of drug-likeness (QED) is 0.776. The van der Waals surface area contributed by atoms with Crippen LogP contribution in [0.1, 0.15) is 5.56 Å². The fourth-order valence-electron chi connectivity index (χ4n) is 1.65. The number of anilines is 1. The summed E-state index contributed by atoms with van der Waals surface area (Å²) in [5.74, 6) is 0.463. The Bertz CT molecular complexity index is 729. The molecule has 0 unspecified atom stereocenters. The van der Waals surface area contributed by atoms with E-state index in [4.69, 9.17) is 10.5 Å². The van der Waals surface area contributed by atoms with E-state index in [-0.39, 0.29) is 12.0 Å². The normalized spacial score (nSPS) is 10.5. The van der Waals surface area contributed by atoms with Gasteiger partial charge in [0.25, 0.3) is 0 Å². The van der Waals surface area contributed by atoms with E-state index in [0.717, 1.165) is 10.0 Å². The molecule has 7 nitrogen and oxygen atoms in total. The molecule has 0 saturated carbocycles. The molecule has 0 fully saturated rings. The number of rotatable bonds is 4. The fraction of sp³-hybridized carbons (Fsp3) is 0.0769. The van der Waals surface area contributed by atoms with Gasteiger partial charge in [-0.25, -0.2) is 4.98 Å². The fourth-order valence-corrected chi connectivity index (χ4v) is 1.91. The first-order valence-electron chi connectivity index (χ1n) is 6.08. The van der Waals surface area contributed by atoms with Crippen molar-refractivity contribution >= 4 is 21.9 Å². The van der Waals surface area contributed by atoms with Gasteiger partial charge in [-0.3, -0.25) is 4.57 Å². The van der Waals surface area contributed by atoms with Crippen LogP contribution in [-0.2, 0) is 6.61 Å². The molecule has 0 aliphatic heterocycles. The minimum atomic E-state index is 0.0968. The van der Waals surface area contributed by atoms with Gasteiger partial charge in [0.15, 0.2) is 0 Å². The van der Waals surface area contributed by atoms with Gasteiger partial charge in [-0.15, -0.1) is 0 Å². The summed E-state index contributed by atoms with van der Waals surface area (Å²) in [6, 6.07) is 7.96. The molecule has 0 atom stereocenters. The number of nitrogens with zero attached hydrogens (tertiary/aromatic N) is 5. The average molecular weight is 347 g/mol. The van der Waals surface area contributed by atoms with Crippen LogP contribution < -0.4 is 10.5 Å². The van der Waals surface area contributed by atoms with Crippen molar-refractivity contribution in [1.29, 1.82) is 0 Å². The number of hydrogen-bond acceptors (Lipinski definition) is 6. The Labute approximate surface area is 129 Å². The maximum Gasteiger partial charge on any atom is 0.323 e. The molecule has 2 heterocycles. The van der Waals surface area contributed by atoms with E-state index in [1.165, 1.54) is 0 Å². The van der Waals surface area contributed by atoms with Gasteiger partial charge >= 0.3 is 6.01 Å². The lowest BCUT2D eigenvalue weighted by atomic mass is 10.2. The van der Waals surface area contributed by atoms with Crippen molar-refractivity contribution < 1.29 is 4.74 Å². The predicted octanol–water partition coefficient (Wildman–Crippen LogP) is 1.98. The zero-order valence-corrected chi connectivity index (χ0v) is 12.4. The Morgan fingerprint density at radius 2 is 1.95 bits per heavy atom. The molecule has 106 valence electrons. The van der Waals surface area contributed by atoms with E-state index in [2.05, 4.69) is 35.9 Å². The van der Waals surface area contributed by atoms with Crippen LogP contribution in [0.3, 0.4) is 0 Å². The summed E-state index contributed by atoms with van der Waals surface area (Å²) >= 11 is 3.38. The molecule has 0 saturated heterocycles. The number of nitrogens with two attached hydrogens (primary N) is 1. The van der Waals surface area contributed by atoms with Gasteiger partial charge in [0, 0.05) is 16.9 Å². The van der Waals surface area contributed by atoms with Gasteiger partial charge in [-0.2, -0.15) is 15.0 Å². The summed E-state index contributed by atoms with van der Waals surface area (Å²) in [7, 11) is 0. The van der Waals surface area contributed by atoms with Gasteiger partial charge in [0.2, 0.25) is 11.9 Å². The van der Waals surface area contributed by atoms with Crippen molar-refractivity contribution in [1.82, 2.24) is 24.5 Å². The minimum Gasteiger partial charge on any atom is -0.458 e. The molecule has 21 heavy (non-hydrogen) atoms. The SMILES string of the molecule is Nc1nc(OCc2ccc(Br)cc2)nc(-n2ccnc2)n1. The smallest absolute Gasteiger partial charge is 0.323 e. The Morgan fingerprint density at radius 3 is 2.67 bits per heavy atom. The number of imidazole rings is 1. The summed E-state index contributed by atoms with van der Waals surface area (Å²) in [5.41, 5.74) is 6.67. The molecule has 3 aromatic rings. The van der Waals surface area contributed by atoms with Crippen LogP contribution in [0.2, 0.25) is 0 Å². The second-order valence-corrected chi connectivity index (χ2v) is 5.08. The van der Waals surface area contributed by atoms with Gasteiger partial charge in [-0.05, 0) is 17.7 Å². The van der Waals surface area contributed by atoms with E-state index in [1.807, 2.05) is 24.3 Å². The molecular formula is C13H11BrN6O. The largest absolute Gasteiger partial charge is 0.458 e. The van der Waals surface area contributed by atoms with Gasteiger partial charge in [-0.1, -0.05) is 28.1 Å². The summed E-state index contributed by atoms with van der Waals surface area (Å²) in [4.78, 5) is 16.1. The minimum absolute atomic E-state index is 0.0968. The van der Waals surface area contributed by atoms with Crippen LogP contribution in [0.15, 0.2) is 47.5 Å². The van der Waals surface area contributed by atoms with Crippen LogP contribution in [-0.4, -0.2) is 24.5 Å². The van der Waals surface area contributed by atoms with Crippen molar-refractivity contribution in [3.63, 3.8) is 0 Å². The molecule has 2 N–H and O–H groups in total. The van der Waals surface area contributed by atoms with E-state index in [0.29, 0.717) is 12.6 Å². The number of benzene rings is 1. The van der Waals surface area contributed by atoms with E-state index in [9.17, 15) is 0 Å². The second kappa shape index (κ2) is 5.88. The van der Waals surface area contributed by atoms with Crippen LogP contribution in [0, 0.1) is 0 Å². The maximum atomic E-state index is 5.67.